The van der Waals surface area contributed by atoms with Gasteiger partial charge in [-0.2, -0.15) is 5.26 Å². The van der Waals surface area contributed by atoms with Crippen LogP contribution >= 0.6 is 0 Å². The Morgan fingerprint density at radius 1 is 1.40 bits per heavy atom. The third-order valence-corrected chi connectivity index (χ3v) is 3.18. The fraction of sp³-hybridized carbons (Fsp3) is 0.467. The van der Waals surface area contributed by atoms with Gasteiger partial charge in [0.05, 0.1) is 18.7 Å². The molecule has 0 radical (unpaired) electrons. The van der Waals surface area contributed by atoms with Crippen LogP contribution in [0.2, 0.25) is 0 Å². The summed E-state index contributed by atoms with van der Waals surface area (Å²) in [5, 5.41) is 9.21. The molecule has 1 aromatic rings. The van der Waals surface area contributed by atoms with E-state index in [0.717, 1.165) is 19.3 Å². The van der Waals surface area contributed by atoms with E-state index in [1.165, 1.54) is 7.11 Å². The average Bonchev–Trinajstić information content (AvgIpc) is 2.53. The van der Waals surface area contributed by atoms with Crippen LogP contribution in [0.25, 0.3) is 0 Å². The van der Waals surface area contributed by atoms with Crippen LogP contribution in [-0.2, 0) is 14.2 Å². The standard InChI is InChI=1S/C15H17NO4/c1-18-15(17)12-7-5-11(6-8-12)13(10-16)20-14-4-2-3-9-19-14/h5-8,13-14H,2-4,9H2,1H3. The van der Waals surface area contributed by atoms with Gasteiger partial charge in [-0.05, 0) is 37.0 Å². The van der Waals surface area contributed by atoms with Crippen LogP contribution in [0.4, 0.5) is 0 Å². The van der Waals surface area contributed by atoms with Gasteiger partial charge in [-0.25, -0.2) is 4.79 Å². The molecule has 1 fully saturated rings. The second kappa shape index (κ2) is 7.04. The molecule has 106 valence electrons. The summed E-state index contributed by atoms with van der Waals surface area (Å²) in [6.45, 7) is 0.671. The van der Waals surface area contributed by atoms with E-state index in [9.17, 15) is 10.1 Å². The number of methoxy groups -OCH3 is 1. The second-order valence-corrected chi connectivity index (χ2v) is 4.55. The highest BCUT2D eigenvalue weighted by Crippen LogP contribution is 2.23. The highest BCUT2D eigenvalue weighted by atomic mass is 16.7. The predicted octanol–water partition coefficient (Wildman–Crippen LogP) is 2.58. The Bertz CT molecular complexity index is 486. The third-order valence-electron chi connectivity index (χ3n) is 3.18. The summed E-state index contributed by atoms with van der Waals surface area (Å²) >= 11 is 0. The minimum absolute atomic E-state index is 0.325. The van der Waals surface area contributed by atoms with Crippen LogP contribution in [0.3, 0.4) is 0 Å². The monoisotopic (exact) mass is 275 g/mol. The Balaban J connectivity index is 2.03. The molecule has 0 amide bonds. The maximum absolute atomic E-state index is 11.3. The Morgan fingerprint density at radius 2 is 2.15 bits per heavy atom. The van der Waals surface area contributed by atoms with Gasteiger partial charge >= 0.3 is 5.97 Å². The van der Waals surface area contributed by atoms with Crippen molar-refractivity contribution in [3.05, 3.63) is 35.4 Å². The Labute approximate surface area is 118 Å². The maximum Gasteiger partial charge on any atom is 0.337 e. The fourth-order valence-electron chi connectivity index (χ4n) is 2.07. The van der Waals surface area contributed by atoms with Gasteiger partial charge in [-0.3, -0.25) is 0 Å². The molecule has 0 bridgehead atoms. The summed E-state index contributed by atoms with van der Waals surface area (Å²) in [4.78, 5) is 11.3. The number of hydrogen-bond acceptors (Lipinski definition) is 5. The highest BCUT2D eigenvalue weighted by molar-refractivity contribution is 5.89. The average molecular weight is 275 g/mol. The fourth-order valence-corrected chi connectivity index (χ4v) is 2.07. The van der Waals surface area contributed by atoms with Gasteiger partial charge in [0.1, 0.15) is 0 Å². The van der Waals surface area contributed by atoms with Crippen LogP contribution < -0.4 is 0 Å². The Kier molecular flexibility index (Phi) is 5.10. The molecule has 0 aromatic heterocycles. The number of carbonyl (C=O) groups excluding carboxylic acids is 1. The molecule has 0 N–H and O–H groups in total. The minimum atomic E-state index is -0.690. The first kappa shape index (κ1) is 14.5. The quantitative estimate of drug-likeness (QED) is 0.790. The predicted molar refractivity (Wildman–Crippen MR) is 70.8 cm³/mol. The number of hydrogen-bond donors (Lipinski definition) is 0. The van der Waals surface area contributed by atoms with Crippen molar-refractivity contribution in [1.82, 2.24) is 0 Å². The summed E-state index contributed by atoms with van der Waals surface area (Å²) in [5.74, 6) is -0.401. The molecule has 1 aliphatic heterocycles. The number of nitriles is 1. The van der Waals surface area contributed by atoms with Crippen LogP contribution in [0, 0.1) is 11.3 Å². The molecular weight excluding hydrogens is 258 g/mol. The van der Waals surface area contributed by atoms with E-state index in [0.29, 0.717) is 17.7 Å². The van der Waals surface area contributed by atoms with Crippen LogP contribution in [0.1, 0.15) is 41.3 Å². The van der Waals surface area contributed by atoms with E-state index in [4.69, 9.17) is 9.47 Å². The highest BCUT2D eigenvalue weighted by Gasteiger charge is 2.21. The number of esters is 1. The van der Waals surface area contributed by atoms with E-state index < -0.39 is 12.1 Å². The van der Waals surface area contributed by atoms with Crippen LogP contribution in [0.15, 0.2) is 24.3 Å². The summed E-state index contributed by atoms with van der Waals surface area (Å²) in [7, 11) is 1.33. The molecule has 2 unspecified atom stereocenters. The molecule has 1 saturated heterocycles. The molecule has 1 heterocycles. The molecule has 0 spiro atoms. The smallest absolute Gasteiger partial charge is 0.337 e. The first-order valence-electron chi connectivity index (χ1n) is 6.59. The van der Waals surface area contributed by atoms with Crippen LogP contribution in [-0.4, -0.2) is 26.0 Å². The largest absolute Gasteiger partial charge is 0.465 e. The lowest BCUT2D eigenvalue weighted by Gasteiger charge is -2.25. The zero-order valence-corrected chi connectivity index (χ0v) is 11.4. The lowest BCUT2D eigenvalue weighted by Crippen LogP contribution is -2.24. The molecule has 20 heavy (non-hydrogen) atoms. The number of benzene rings is 1. The Hall–Kier alpha value is -1.90. The SMILES string of the molecule is COC(=O)c1ccc(C(C#N)OC2CCCCO2)cc1. The van der Waals surface area contributed by atoms with E-state index >= 15 is 0 Å². The van der Waals surface area contributed by atoms with Crippen molar-refractivity contribution >= 4 is 5.97 Å². The van der Waals surface area contributed by atoms with E-state index in [1.807, 2.05) is 0 Å². The van der Waals surface area contributed by atoms with Crippen molar-refractivity contribution < 1.29 is 19.0 Å². The van der Waals surface area contributed by atoms with Crippen molar-refractivity contribution in [2.75, 3.05) is 13.7 Å². The van der Waals surface area contributed by atoms with Crippen molar-refractivity contribution in [3.8, 4) is 6.07 Å². The summed E-state index contributed by atoms with van der Waals surface area (Å²) in [5.41, 5.74) is 1.15. The van der Waals surface area contributed by atoms with Gasteiger partial charge in [0.2, 0.25) is 0 Å². The first-order chi connectivity index (χ1) is 9.74. The second-order valence-electron chi connectivity index (χ2n) is 4.55. The zero-order chi connectivity index (χ0) is 14.4. The van der Waals surface area contributed by atoms with Crippen LogP contribution in [0.5, 0.6) is 0 Å². The number of rotatable bonds is 4. The van der Waals surface area contributed by atoms with Gasteiger partial charge in [0.15, 0.2) is 12.4 Å². The van der Waals surface area contributed by atoms with E-state index in [1.54, 1.807) is 24.3 Å². The lowest BCUT2D eigenvalue weighted by atomic mass is 10.1. The minimum Gasteiger partial charge on any atom is -0.465 e. The zero-order valence-electron chi connectivity index (χ0n) is 11.4. The lowest BCUT2D eigenvalue weighted by molar-refractivity contribution is -0.178. The Morgan fingerprint density at radius 3 is 2.70 bits per heavy atom. The van der Waals surface area contributed by atoms with Gasteiger partial charge < -0.3 is 14.2 Å². The molecular formula is C15H17NO4. The van der Waals surface area contributed by atoms with E-state index in [-0.39, 0.29) is 6.29 Å². The molecule has 5 nitrogen and oxygen atoms in total. The van der Waals surface area contributed by atoms with Crippen molar-refractivity contribution in [2.24, 2.45) is 0 Å². The molecule has 0 saturated carbocycles. The third kappa shape index (κ3) is 3.56. The normalized spacial score (nSPS) is 19.9. The topological polar surface area (TPSA) is 68.6 Å². The van der Waals surface area contributed by atoms with Gasteiger partial charge in [0.25, 0.3) is 0 Å². The number of ether oxygens (including phenoxy) is 3. The molecule has 0 aliphatic carbocycles. The van der Waals surface area contributed by atoms with Crippen molar-refractivity contribution in [1.29, 1.82) is 5.26 Å². The van der Waals surface area contributed by atoms with E-state index in [2.05, 4.69) is 10.8 Å². The first-order valence-corrected chi connectivity index (χ1v) is 6.59. The molecule has 2 rings (SSSR count). The molecule has 1 aliphatic rings. The van der Waals surface area contributed by atoms with Gasteiger partial charge in [-0.15, -0.1) is 0 Å². The molecule has 1 aromatic carbocycles. The van der Waals surface area contributed by atoms with Gasteiger partial charge in [-0.1, -0.05) is 12.1 Å². The summed E-state index contributed by atoms with van der Waals surface area (Å²) in [6.07, 6.45) is 1.87. The summed E-state index contributed by atoms with van der Waals surface area (Å²) in [6, 6.07) is 8.75. The molecule has 5 heteroatoms. The molecule has 2 atom stereocenters. The van der Waals surface area contributed by atoms with Crippen molar-refractivity contribution in [2.45, 2.75) is 31.7 Å². The van der Waals surface area contributed by atoms with Crippen molar-refractivity contribution in [3.63, 3.8) is 0 Å². The number of nitrogens with zero attached hydrogens (tertiary/aromatic N) is 1. The maximum atomic E-state index is 11.3. The number of carbonyl (C=O) groups is 1. The van der Waals surface area contributed by atoms with Gasteiger partial charge in [0, 0.05) is 6.61 Å². The summed E-state index contributed by atoms with van der Waals surface area (Å²) < 4.78 is 15.7.